The predicted molar refractivity (Wildman–Crippen MR) is 83.2 cm³/mol. The molecule has 1 unspecified atom stereocenters. The first kappa shape index (κ1) is 13.6. The van der Waals surface area contributed by atoms with Crippen LogP contribution in [0, 0.1) is 0 Å². The third-order valence-electron chi connectivity index (χ3n) is 4.03. The molecule has 0 saturated carbocycles. The minimum absolute atomic E-state index is 0.410. The van der Waals surface area contributed by atoms with Gasteiger partial charge in [-0.1, -0.05) is 29.8 Å². The van der Waals surface area contributed by atoms with Crippen molar-refractivity contribution in [3.8, 4) is 0 Å². The molecule has 0 spiro atoms. The van der Waals surface area contributed by atoms with Crippen molar-refractivity contribution in [1.29, 1.82) is 0 Å². The maximum Gasteiger partial charge on any atom is 0.0510 e. The summed E-state index contributed by atoms with van der Waals surface area (Å²) in [5.74, 6) is 0.410. The summed E-state index contributed by atoms with van der Waals surface area (Å²) in [6.07, 6.45) is 5.45. The van der Waals surface area contributed by atoms with Crippen LogP contribution in [0.2, 0.25) is 5.02 Å². The molecule has 3 heteroatoms. The van der Waals surface area contributed by atoms with E-state index in [9.17, 15) is 0 Å². The van der Waals surface area contributed by atoms with Crippen LogP contribution < -0.4 is 5.32 Å². The molecule has 0 saturated heterocycles. The van der Waals surface area contributed by atoms with Crippen molar-refractivity contribution in [2.75, 3.05) is 7.05 Å². The Morgan fingerprint density at radius 2 is 2.25 bits per heavy atom. The molecule has 2 nitrogen and oxygen atoms in total. The lowest BCUT2D eigenvalue weighted by Gasteiger charge is -2.25. The Hall–Kier alpha value is -1.38. The number of rotatable bonds is 3. The van der Waals surface area contributed by atoms with Crippen molar-refractivity contribution in [3.63, 3.8) is 0 Å². The van der Waals surface area contributed by atoms with E-state index in [0.717, 1.165) is 23.6 Å². The monoisotopic (exact) mass is 286 g/mol. The lowest BCUT2D eigenvalue weighted by atomic mass is 9.82. The second-order valence-electron chi connectivity index (χ2n) is 5.37. The molecule has 0 radical (unpaired) electrons. The van der Waals surface area contributed by atoms with Crippen LogP contribution in [0.5, 0.6) is 0 Å². The predicted octanol–water partition coefficient (Wildman–Crippen LogP) is 3.92. The number of pyridine rings is 1. The van der Waals surface area contributed by atoms with E-state index in [-0.39, 0.29) is 0 Å². The van der Waals surface area contributed by atoms with Gasteiger partial charge < -0.3 is 5.32 Å². The summed E-state index contributed by atoms with van der Waals surface area (Å²) >= 11 is 6.26. The smallest absolute Gasteiger partial charge is 0.0510 e. The van der Waals surface area contributed by atoms with Gasteiger partial charge in [0, 0.05) is 23.7 Å². The molecule has 2 aromatic rings. The van der Waals surface area contributed by atoms with Gasteiger partial charge in [0.25, 0.3) is 0 Å². The average Bonchev–Trinajstić information content (AvgIpc) is 2.49. The third-order valence-corrected chi connectivity index (χ3v) is 4.40. The van der Waals surface area contributed by atoms with Gasteiger partial charge in [-0.05, 0) is 55.1 Å². The molecule has 1 aliphatic carbocycles. The normalized spacial score (nSPS) is 17.8. The zero-order valence-corrected chi connectivity index (χ0v) is 12.5. The summed E-state index contributed by atoms with van der Waals surface area (Å²) in [5.41, 5.74) is 5.14. The van der Waals surface area contributed by atoms with Gasteiger partial charge in [-0.15, -0.1) is 0 Å². The standard InChI is InChI=1S/C17H19ClN2/c1-19-11-14-10-13(7-8-16(14)18)15-6-2-4-12-5-3-9-20-17(12)15/h3,5,7-10,15,19H,2,4,6,11H2,1H3. The fourth-order valence-corrected chi connectivity index (χ4v) is 3.26. The highest BCUT2D eigenvalue weighted by Gasteiger charge is 2.23. The van der Waals surface area contributed by atoms with E-state index in [1.54, 1.807) is 0 Å². The molecule has 0 aliphatic heterocycles. The van der Waals surface area contributed by atoms with Gasteiger partial charge in [-0.2, -0.15) is 0 Å². The molecular weight excluding hydrogens is 268 g/mol. The highest BCUT2D eigenvalue weighted by Crippen LogP contribution is 2.36. The number of benzene rings is 1. The summed E-state index contributed by atoms with van der Waals surface area (Å²) in [7, 11) is 1.94. The van der Waals surface area contributed by atoms with Crippen molar-refractivity contribution in [1.82, 2.24) is 10.3 Å². The number of hydrogen-bond acceptors (Lipinski definition) is 2. The van der Waals surface area contributed by atoms with Gasteiger partial charge in [0.05, 0.1) is 5.69 Å². The minimum Gasteiger partial charge on any atom is -0.316 e. The van der Waals surface area contributed by atoms with E-state index < -0.39 is 0 Å². The molecule has 0 fully saturated rings. The summed E-state index contributed by atoms with van der Waals surface area (Å²) in [5, 5.41) is 4.01. The van der Waals surface area contributed by atoms with Crippen molar-refractivity contribution in [2.45, 2.75) is 31.7 Å². The first-order valence-corrected chi connectivity index (χ1v) is 7.54. The number of halogens is 1. The van der Waals surface area contributed by atoms with Crippen LogP contribution in [-0.2, 0) is 13.0 Å². The van der Waals surface area contributed by atoms with Crippen LogP contribution >= 0.6 is 11.6 Å². The van der Waals surface area contributed by atoms with Crippen LogP contribution in [0.25, 0.3) is 0 Å². The number of nitrogens with zero attached hydrogens (tertiary/aromatic N) is 1. The van der Waals surface area contributed by atoms with Gasteiger partial charge in [-0.3, -0.25) is 4.98 Å². The van der Waals surface area contributed by atoms with E-state index >= 15 is 0 Å². The highest BCUT2D eigenvalue weighted by atomic mass is 35.5. The first-order valence-electron chi connectivity index (χ1n) is 7.16. The van der Waals surface area contributed by atoms with E-state index in [1.807, 2.05) is 25.4 Å². The highest BCUT2D eigenvalue weighted by molar-refractivity contribution is 6.31. The zero-order valence-electron chi connectivity index (χ0n) is 11.7. The molecular formula is C17H19ClN2. The second kappa shape index (κ2) is 5.94. The summed E-state index contributed by atoms with van der Waals surface area (Å²) < 4.78 is 0. The lowest BCUT2D eigenvalue weighted by molar-refractivity contribution is 0.598. The van der Waals surface area contributed by atoms with E-state index in [1.165, 1.54) is 29.7 Å². The van der Waals surface area contributed by atoms with Gasteiger partial charge in [0.2, 0.25) is 0 Å². The third kappa shape index (κ3) is 2.58. The molecule has 1 N–H and O–H groups in total. The average molecular weight is 287 g/mol. The quantitative estimate of drug-likeness (QED) is 0.925. The van der Waals surface area contributed by atoms with E-state index in [2.05, 4.69) is 28.5 Å². The van der Waals surface area contributed by atoms with Gasteiger partial charge in [0.1, 0.15) is 0 Å². The maximum atomic E-state index is 6.26. The van der Waals surface area contributed by atoms with Crippen molar-refractivity contribution in [3.05, 3.63) is 63.9 Å². The molecule has 3 rings (SSSR count). The molecule has 1 aromatic carbocycles. The first-order chi connectivity index (χ1) is 9.79. The molecule has 1 aliphatic rings. The number of aromatic nitrogens is 1. The van der Waals surface area contributed by atoms with Crippen LogP contribution in [0.15, 0.2) is 36.5 Å². The molecule has 1 aromatic heterocycles. The summed E-state index contributed by atoms with van der Waals surface area (Å²) in [6.45, 7) is 0.800. The maximum absolute atomic E-state index is 6.26. The van der Waals surface area contributed by atoms with E-state index in [4.69, 9.17) is 11.6 Å². The number of nitrogens with one attached hydrogen (secondary N) is 1. The van der Waals surface area contributed by atoms with Crippen LogP contribution in [0.1, 0.15) is 41.1 Å². The minimum atomic E-state index is 0.410. The Morgan fingerprint density at radius 3 is 3.10 bits per heavy atom. The van der Waals surface area contributed by atoms with Crippen LogP contribution in [-0.4, -0.2) is 12.0 Å². The van der Waals surface area contributed by atoms with Crippen LogP contribution in [0.4, 0.5) is 0 Å². The molecule has 1 heterocycles. The number of hydrogen-bond donors (Lipinski definition) is 1. The Bertz CT molecular complexity index is 610. The SMILES string of the molecule is CNCc1cc(C2CCCc3cccnc32)ccc1Cl. The fraction of sp³-hybridized carbons (Fsp3) is 0.353. The Balaban J connectivity index is 2.00. The fourth-order valence-electron chi connectivity index (χ4n) is 3.07. The zero-order chi connectivity index (χ0) is 13.9. The van der Waals surface area contributed by atoms with E-state index in [0.29, 0.717) is 5.92 Å². The van der Waals surface area contributed by atoms with Gasteiger partial charge >= 0.3 is 0 Å². The summed E-state index contributed by atoms with van der Waals surface area (Å²) in [4.78, 5) is 4.63. The molecule has 1 atom stereocenters. The molecule has 0 bridgehead atoms. The Kier molecular flexibility index (Phi) is 4.04. The van der Waals surface area contributed by atoms with Gasteiger partial charge in [0.15, 0.2) is 0 Å². The molecule has 0 amide bonds. The molecule has 20 heavy (non-hydrogen) atoms. The largest absolute Gasteiger partial charge is 0.316 e. The summed E-state index contributed by atoms with van der Waals surface area (Å²) in [6, 6.07) is 10.6. The van der Waals surface area contributed by atoms with Crippen LogP contribution in [0.3, 0.4) is 0 Å². The van der Waals surface area contributed by atoms with Crippen molar-refractivity contribution >= 4 is 11.6 Å². The number of fused-ring (bicyclic) bond motifs is 1. The lowest BCUT2D eigenvalue weighted by Crippen LogP contribution is -2.14. The Morgan fingerprint density at radius 1 is 1.35 bits per heavy atom. The Labute approximate surface area is 125 Å². The van der Waals surface area contributed by atoms with Crippen molar-refractivity contribution < 1.29 is 0 Å². The van der Waals surface area contributed by atoms with Crippen molar-refractivity contribution in [2.24, 2.45) is 0 Å². The van der Waals surface area contributed by atoms with Gasteiger partial charge in [-0.25, -0.2) is 0 Å². The second-order valence-corrected chi connectivity index (χ2v) is 5.78. The number of aryl methyl sites for hydroxylation is 1. The topological polar surface area (TPSA) is 24.9 Å². The molecule has 104 valence electrons.